The van der Waals surface area contributed by atoms with Gasteiger partial charge < -0.3 is 14.8 Å². The molecule has 2 heterocycles. The van der Waals surface area contributed by atoms with Gasteiger partial charge in [0.15, 0.2) is 0 Å². The van der Waals surface area contributed by atoms with Crippen LogP contribution in [0.2, 0.25) is 0 Å². The van der Waals surface area contributed by atoms with E-state index in [1.807, 2.05) is 25.1 Å². The molecule has 0 spiro atoms. The molecule has 0 unspecified atom stereocenters. The minimum absolute atomic E-state index is 0.0645. The second-order valence-corrected chi connectivity index (χ2v) is 6.40. The monoisotopic (exact) mass is 347 g/mol. The molecule has 1 aromatic rings. The number of carbonyl (C=O) groups is 2. The number of hydrogen-bond acceptors (Lipinski definition) is 5. The summed E-state index contributed by atoms with van der Waals surface area (Å²) in [5, 5.41) is 2.68. The minimum Gasteiger partial charge on any atom is -0.497 e. The molecule has 7 nitrogen and oxygen atoms in total. The van der Waals surface area contributed by atoms with Gasteiger partial charge in [-0.3, -0.25) is 14.6 Å². The first-order chi connectivity index (χ1) is 12.1. The van der Waals surface area contributed by atoms with Crippen molar-refractivity contribution in [2.24, 2.45) is 0 Å². The molecule has 2 saturated heterocycles. The van der Waals surface area contributed by atoms with Crippen LogP contribution in [0, 0.1) is 0 Å². The SMILES string of the molecule is COc1ccc(OC)c([C@H]2CCCN2[C@@H](C)C(=O)N2CCNC2=O)c1. The largest absolute Gasteiger partial charge is 0.497 e. The number of amides is 3. The van der Waals surface area contributed by atoms with Crippen LogP contribution in [0.25, 0.3) is 0 Å². The lowest BCUT2D eigenvalue weighted by Crippen LogP contribution is -2.48. The molecule has 0 radical (unpaired) electrons. The lowest BCUT2D eigenvalue weighted by atomic mass is 10.0. The highest BCUT2D eigenvalue weighted by atomic mass is 16.5. The van der Waals surface area contributed by atoms with Crippen LogP contribution in [0.1, 0.15) is 31.4 Å². The molecular formula is C18H25N3O4. The summed E-state index contributed by atoms with van der Waals surface area (Å²) in [5.74, 6) is 1.40. The Morgan fingerprint density at radius 1 is 1.28 bits per heavy atom. The molecule has 7 heteroatoms. The molecule has 0 bridgehead atoms. The van der Waals surface area contributed by atoms with Gasteiger partial charge in [0.2, 0.25) is 5.91 Å². The fraction of sp³-hybridized carbons (Fsp3) is 0.556. The maximum Gasteiger partial charge on any atom is 0.324 e. The molecule has 0 saturated carbocycles. The van der Waals surface area contributed by atoms with Gasteiger partial charge in [-0.25, -0.2) is 4.79 Å². The molecule has 0 aromatic heterocycles. The zero-order chi connectivity index (χ0) is 18.0. The average Bonchev–Trinajstić information content (AvgIpc) is 3.28. The predicted octanol–water partition coefficient (Wildman–Crippen LogP) is 1.78. The van der Waals surface area contributed by atoms with Crippen molar-refractivity contribution in [2.45, 2.75) is 31.8 Å². The number of hydrogen-bond donors (Lipinski definition) is 1. The molecule has 3 amide bonds. The number of benzene rings is 1. The van der Waals surface area contributed by atoms with Crippen molar-refractivity contribution < 1.29 is 19.1 Å². The number of imide groups is 1. The van der Waals surface area contributed by atoms with Gasteiger partial charge >= 0.3 is 6.03 Å². The summed E-state index contributed by atoms with van der Waals surface area (Å²) in [5.41, 5.74) is 1.02. The zero-order valence-corrected chi connectivity index (χ0v) is 14.9. The van der Waals surface area contributed by atoms with E-state index in [9.17, 15) is 9.59 Å². The molecule has 3 rings (SSSR count). The van der Waals surface area contributed by atoms with Crippen LogP contribution in [0.4, 0.5) is 4.79 Å². The number of urea groups is 1. The van der Waals surface area contributed by atoms with Crippen LogP contribution in [0.5, 0.6) is 11.5 Å². The number of nitrogens with one attached hydrogen (secondary N) is 1. The molecule has 1 N–H and O–H groups in total. The Morgan fingerprint density at radius 2 is 2.08 bits per heavy atom. The van der Waals surface area contributed by atoms with Gasteiger partial charge in [-0.15, -0.1) is 0 Å². The van der Waals surface area contributed by atoms with Crippen LogP contribution >= 0.6 is 0 Å². The van der Waals surface area contributed by atoms with E-state index >= 15 is 0 Å². The number of carbonyl (C=O) groups excluding carboxylic acids is 2. The standard InChI is InChI=1S/C18H25N3O4/c1-12(17(22)21-10-8-19-18(21)23)20-9-4-5-15(20)14-11-13(24-2)6-7-16(14)25-3/h6-7,11-12,15H,4-5,8-10H2,1-3H3,(H,19,23)/t12-,15+/m0/s1. The number of ether oxygens (including phenoxy) is 2. The summed E-state index contributed by atoms with van der Waals surface area (Å²) < 4.78 is 10.9. The fourth-order valence-corrected chi connectivity index (χ4v) is 3.74. The minimum atomic E-state index is -0.368. The Morgan fingerprint density at radius 3 is 2.72 bits per heavy atom. The molecule has 2 aliphatic rings. The molecular weight excluding hydrogens is 322 g/mol. The predicted molar refractivity (Wildman–Crippen MR) is 92.8 cm³/mol. The third-order valence-corrected chi connectivity index (χ3v) is 5.07. The normalized spacial score (nSPS) is 22.0. The highest BCUT2D eigenvalue weighted by Crippen LogP contribution is 2.40. The van der Waals surface area contributed by atoms with Crippen molar-refractivity contribution in [3.8, 4) is 11.5 Å². The van der Waals surface area contributed by atoms with Gasteiger partial charge in [-0.05, 0) is 44.5 Å². The van der Waals surface area contributed by atoms with Gasteiger partial charge in [-0.1, -0.05) is 0 Å². The van der Waals surface area contributed by atoms with Gasteiger partial charge in [-0.2, -0.15) is 0 Å². The summed E-state index contributed by atoms with van der Waals surface area (Å²) in [6, 6.07) is 5.13. The Labute approximate surface area is 147 Å². The van der Waals surface area contributed by atoms with E-state index in [-0.39, 0.29) is 24.0 Å². The van der Waals surface area contributed by atoms with Crippen molar-refractivity contribution in [3.63, 3.8) is 0 Å². The third kappa shape index (κ3) is 3.28. The average molecular weight is 347 g/mol. The van der Waals surface area contributed by atoms with Crippen molar-refractivity contribution in [3.05, 3.63) is 23.8 Å². The molecule has 2 fully saturated rings. The maximum absolute atomic E-state index is 12.8. The highest BCUT2D eigenvalue weighted by Gasteiger charge is 2.38. The Balaban J connectivity index is 1.85. The van der Waals surface area contributed by atoms with Crippen LogP contribution in [0.15, 0.2) is 18.2 Å². The zero-order valence-electron chi connectivity index (χ0n) is 14.9. The summed E-state index contributed by atoms with van der Waals surface area (Å²) in [4.78, 5) is 28.0. The van der Waals surface area contributed by atoms with Crippen molar-refractivity contribution in [1.82, 2.24) is 15.1 Å². The van der Waals surface area contributed by atoms with Gasteiger partial charge in [0.25, 0.3) is 0 Å². The Bertz CT molecular complexity index is 664. The van der Waals surface area contributed by atoms with Gasteiger partial charge in [0.05, 0.1) is 20.3 Å². The first kappa shape index (κ1) is 17.5. The van der Waals surface area contributed by atoms with Crippen LogP contribution in [-0.2, 0) is 4.79 Å². The van der Waals surface area contributed by atoms with Crippen LogP contribution in [0.3, 0.4) is 0 Å². The first-order valence-corrected chi connectivity index (χ1v) is 8.63. The molecule has 25 heavy (non-hydrogen) atoms. The summed E-state index contributed by atoms with van der Waals surface area (Å²) >= 11 is 0. The van der Waals surface area contributed by atoms with Gasteiger partial charge in [0, 0.05) is 24.7 Å². The number of nitrogens with zero attached hydrogens (tertiary/aromatic N) is 2. The number of rotatable bonds is 5. The van der Waals surface area contributed by atoms with E-state index in [0.717, 1.165) is 36.4 Å². The maximum atomic E-state index is 12.8. The van der Waals surface area contributed by atoms with Gasteiger partial charge in [0.1, 0.15) is 11.5 Å². The van der Waals surface area contributed by atoms with Crippen LogP contribution < -0.4 is 14.8 Å². The second-order valence-electron chi connectivity index (χ2n) is 6.40. The van der Waals surface area contributed by atoms with Crippen molar-refractivity contribution >= 4 is 11.9 Å². The first-order valence-electron chi connectivity index (χ1n) is 8.63. The molecule has 2 aliphatic heterocycles. The fourth-order valence-electron chi connectivity index (χ4n) is 3.74. The number of methoxy groups -OCH3 is 2. The molecule has 1 aromatic carbocycles. The third-order valence-electron chi connectivity index (χ3n) is 5.07. The Hall–Kier alpha value is -2.28. The van der Waals surface area contributed by atoms with E-state index in [0.29, 0.717) is 13.1 Å². The van der Waals surface area contributed by atoms with Crippen molar-refractivity contribution in [1.29, 1.82) is 0 Å². The van der Waals surface area contributed by atoms with E-state index in [1.54, 1.807) is 14.2 Å². The molecule has 2 atom stereocenters. The topological polar surface area (TPSA) is 71.1 Å². The smallest absolute Gasteiger partial charge is 0.324 e. The second kappa shape index (κ2) is 7.31. The van der Waals surface area contributed by atoms with E-state index in [4.69, 9.17) is 9.47 Å². The van der Waals surface area contributed by atoms with E-state index in [1.165, 1.54) is 4.90 Å². The highest BCUT2D eigenvalue weighted by molar-refractivity contribution is 5.98. The quantitative estimate of drug-likeness (QED) is 0.879. The number of likely N-dealkylation sites (tertiary alicyclic amines) is 1. The molecule has 0 aliphatic carbocycles. The lowest BCUT2D eigenvalue weighted by Gasteiger charge is -2.32. The van der Waals surface area contributed by atoms with Crippen molar-refractivity contribution in [2.75, 3.05) is 33.9 Å². The van der Waals surface area contributed by atoms with E-state index in [2.05, 4.69) is 10.2 Å². The lowest BCUT2D eigenvalue weighted by molar-refractivity contribution is -0.133. The summed E-state index contributed by atoms with van der Waals surface area (Å²) in [7, 11) is 3.28. The Kier molecular flexibility index (Phi) is 5.13. The summed E-state index contributed by atoms with van der Waals surface area (Å²) in [6.45, 7) is 3.64. The molecule has 136 valence electrons. The van der Waals surface area contributed by atoms with Crippen LogP contribution in [-0.4, -0.2) is 61.6 Å². The summed E-state index contributed by atoms with van der Waals surface area (Å²) in [6.07, 6.45) is 1.93. The van der Waals surface area contributed by atoms with E-state index < -0.39 is 0 Å².